The highest BCUT2D eigenvalue weighted by molar-refractivity contribution is 5.81. The summed E-state index contributed by atoms with van der Waals surface area (Å²) in [5.74, 6) is -0.0193. The van der Waals surface area contributed by atoms with Gasteiger partial charge in [0.15, 0.2) is 0 Å². The molecule has 7 heteroatoms. The molecule has 1 amide bonds. The molecule has 7 nitrogen and oxygen atoms in total. The van der Waals surface area contributed by atoms with Crippen LogP contribution in [0.5, 0.6) is 0 Å². The Labute approximate surface area is 129 Å². The van der Waals surface area contributed by atoms with E-state index in [2.05, 4.69) is 4.90 Å². The number of hydrogen-bond donors (Lipinski definition) is 0. The predicted octanol–water partition coefficient (Wildman–Crippen LogP) is 0.458. The highest BCUT2D eigenvalue weighted by Crippen LogP contribution is 2.19. The Bertz CT molecular complexity index is 517. The van der Waals surface area contributed by atoms with Crippen LogP contribution in [0.15, 0.2) is 24.2 Å². The number of carbonyl (C=O) groups is 2. The Kier molecular flexibility index (Phi) is 4.33. The van der Waals surface area contributed by atoms with Crippen molar-refractivity contribution in [1.29, 1.82) is 0 Å². The number of carbonyl (C=O) groups excluding carboxylic acids is 2. The van der Waals surface area contributed by atoms with E-state index in [0.717, 1.165) is 31.6 Å². The number of cyclic esters (lactones) is 1. The number of amides is 1. The molecule has 0 saturated carbocycles. The Balaban J connectivity index is 1.49. The number of ether oxygens (including phenoxy) is 1. The van der Waals surface area contributed by atoms with E-state index in [1.807, 2.05) is 0 Å². The molecule has 0 unspecified atom stereocenters. The van der Waals surface area contributed by atoms with Crippen LogP contribution >= 0.6 is 0 Å². The van der Waals surface area contributed by atoms with E-state index in [0.29, 0.717) is 19.5 Å². The van der Waals surface area contributed by atoms with Gasteiger partial charge in [0.25, 0.3) is 0 Å². The summed E-state index contributed by atoms with van der Waals surface area (Å²) in [6.07, 6.45) is 7.32. The van der Waals surface area contributed by atoms with Gasteiger partial charge in [-0.3, -0.25) is 14.5 Å². The number of hydrogen-bond acceptors (Lipinski definition) is 6. The molecule has 0 N–H and O–H groups in total. The van der Waals surface area contributed by atoms with E-state index in [4.69, 9.17) is 9.57 Å². The zero-order chi connectivity index (χ0) is 15.5. The summed E-state index contributed by atoms with van der Waals surface area (Å²) in [6, 6.07) is 0. The van der Waals surface area contributed by atoms with Gasteiger partial charge in [0.05, 0.1) is 18.4 Å². The van der Waals surface area contributed by atoms with Gasteiger partial charge in [-0.05, 0) is 12.8 Å². The van der Waals surface area contributed by atoms with Crippen LogP contribution in [-0.2, 0) is 19.2 Å². The van der Waals surface area contributed by atoms with Crippen LogP contribution in [0.3, 0.4) is 0 Å². The summed E-state index contributed by atoms with van der Waals surface area (Å²) in [7, 11) is 1.78. The Hall–Kier alpha value is -2.02. The zero-order valence-electron chi connectivity index (χ0n) is 12.7. The summed E-state index contributed by atoms with van der Waals surface area (Å²) < 4.78 is 5.21. The van der Waals surface area contributed by atoms with Gasteiger partial charge in [-0.1, -0.05) is 0 Å². The second-order valence-electron chi connectivity index (χ2n) is 5.77. The number of rotatable bonds is 4. The molecule has 0 aromatic rings. The maximum absolute atomic E-state index is 12.3. The normalized spacial score (nSPS) is 26.0. The monoisotopic (exact) mass is 307 g/mol. The fraction of sp³-hybridized carbons (Fsp3) is 0.600. The number of hydroxylamine groups is 2. The lowest BCUT2D eigenvalue weighted by molar-refractivity contribution is -0.142. The molecule has 3 rings (SSSR count). The molecule has 0 aromatic carbocycles. The first kappa shape index (κ1) is 14.9. The number of esters is 1. The number of nitrogens with zero attached hydrogens (tertiary/aromatic N) is 3. The predicted molar refractivity (Wildman–Crippen MR) is 78.0 cm³/mol. The van der Waals surface area contributed by atoms with E-state index in [1.165, 1.54) is 0 Å². The van der Waals surface area contributed by atoms with Gasteiger partial charge in [-0.2, -0.15) is 0 Å². The third-order valence-corrected chi connectivity index (χ3v) is 4.13. The molecule has 2 saturated heterocycles. The van der Waals surface area contributed by atoms with E-state index in [9.17, 15) is 9.59 Å². The topological polar surface area (TPSA) is 62.3 Å². The first-order valence-electron chi connectivity index (χ1n) is 7.62. The largest absolute Gasteiger partial charge is 0.462 e. The molecule has 0 radical (unpaired) electrons. The van der Waals surface area contributed by atoms with Crippen molar-refractivity contribution in [3.05, 3.63) is 24.2 Å². The van der Waals surface area contributed by atoms with Gasteiger partial charge in [0.2, 0.25) is 5.91 Å². The fourth-order valence-electron chi connectivity index (χ4n) is 2.91. The van der Waals surface area contributed by atoms with Crippen molar-refractivity contribution in [3.63, 3.8) is 0 Å². The standard InChI is InChI=1S/C15H21N3O4/c1-16-10-12(5-9-21-16)18-8-7-17(11-14(18)19)6-4-13-2-3-15(20)22-13/h5,9-10,13H,2-4,6-8,11H2,1H3/t13-/m0/s1. The third kappa shape index (κ3) is 3.41. The molecule has 0 aromatic heterocycles. The molecule has 1 atom stereocenters. The second kappa shape index (κ2) is 6.39. The summed E-state index contributed by atoms with van der Waals surface area (Å²) in [5, 5.41) is 1.57. The van der Waals surface area contributed by atoms with Crippen molar-refractivity contribution in [3.8, 4) is 0 Å². The average Bonchev–Trinajstić information content (AvgIpc) is 2.91. The minimum absolute atomic E-state index is 0.0235. The molecular formula is C15H21N3O4. The number of piperazine rings is 1. The van der Waals surface area contributed by atoms with Gasteiger partial charge in [-0.25, -0.2) is 5.06 Å². The Morgan fingerprint density at radius 2 is 2.18 bits per heavy atom. The quantitative estimate of drug-likeness (QED) is 0.703. The van der Waals surface area contributed by atoms with E-state index in [1.54, 1.807) is 35.5 Å². The zero-order valence-corrected chi connectivity index (χ0v) is 12.7. The van der Waals surface area contributed by atoms with Crippen LogP contribution in [0.25, 0.3) is 0 Å². The maximum Gasteiger partial charge on any atom is 0.306 e. The lowest BCUT2D eigenvalue weighted by Crippen LogP contribution is -2.50. The van der Waals surface area contributed by atoms with Crippen molar-refractivity contribution < 1.29 is 19.2 Å². The molecular weight excluding hydrogens is 286 g/mol. The van der Waals surface area contributed by atoms with Crippen LogP contribution in [0.2, 0.25) is 0 Å². The third-order valence-electron chi connectivity index (χ3n) is 4.13. The summed E-state index contributed by atoms with van der Waals surface area (Å²) in [4.78, 5) is 32.5. The molecule has 3 aliphatic heterocycles. The molecule has 0 bridgehead atoms. The van der Waals surface area contributed by atoms with Crippen LogP contribution in [0.4, 0.5) is 0 Å². The van der Waals surface area contributed by atoms with Crippen LogP contribution in [0, 0.1) is 0 Å². The molecule has 3 heterocycles. The van der Waals surface area contributed by atoms with Gasteiger partial charge < -0.3 is 14.5 Å². The first-order chi connectivity index (χ1) is 10.6. The minimum atomic E-state index is -0.103. The first-order valence-corrected chi connectivity index (χ1v) is 7.62. The summed E-state index contributed by atoms with van der Waals surface area (Å²) in [5.41, 5.74) is 0.850. The van der Waals surface area contributed by atoms with Crippen LogP contribution < -0.4 is 0 Å². The van der Waals surface area contributed by atoms with Crippen molar-refractivity contribution in [2.24, 2.45) is 0 Å². The van der Waals surface area contributed by atoms with Crippen LogP contribution in [0.1, 0.15) is 19.3 Å². The van der Waals surface area contributed by atoms with Gasteiger partial charge in [-0.15, -0.1) is 0 Å². The van der Waals surface area contributed by atoms with Crippen molar-refractivity contribution in [2.45, 2.75) is 25.4 Å². The molecule has 0 aliphatic carbocycles. The highest BCUT2D eigenvalue weighted by Gasteiger charge is 2.28. The van der Waals surface area contributed by atoms with Gasteiger partial charge in [0.1, 0.15) is 12.4 Å². The number of allylic oxidation sites excluding steroid dienone is 1. The summed E-state index contributed by atoms with van der Waals surface area (Å²) >= 11 is 0. The summed E-state index contributed by atoms with van der Waals surface area (Å²) in [6.45, 7) is 2.67. The van der Waals surface area contributed by atoms with Gasteiger partial charge in [0, 0.05) is 39.2 Å². The minimum Gasteiger partial charge on any atom is -0.462 e. The SMILES string of the molecule is CN1C=C(N2CCN(CC[C@@H]3CCC(=O)O3)CC2=O)C=CO1. The molecule has 0 spiro atoms. The molecule has 22 heavy (non-hydrogen) atoms. The Morgan fingerprint density at radius 3 is 2.86 bits per heavy atom. The molecule has 120 valence electrons. The lowest BCUT2D eigenvalue weighted by Gasteiger charge is -2.36. The second-order valence-corrected chi connectivity index (χ2v) is 5.77. The van der Waals surface area contributed by atoms with E-state index < -0.39 is 0 Å². The van der Waals surface area contributed by atoms with Crippen LogP contribution in [-0.4, -0.2) is 66.1 Å². The van der Waals surface area contributed by atoms with E-state index in [-0.39, 0.29) is 18.0 Å². The van der Waals surface area contributed by atoms with Gasteiger partial charge >= 0.3 is 5.97 Å². The Morgan fingerprint density at radius 1 is 1.32 bits per heavy atom. The molecule has 2 fully saturated rings. The molecule has 3 aliphatic rings. The van der Waals surface area contributed by atoms with E-state index >= 15 is 0 Å². The fourth-order valence-corrected chi connectivity index (χ4v) is 2.91. The lowest BCUT2D eigenvalue weighted by atomic mass is 10.1. The average molecular weight is 307 g/mol. The highest BCUT2D eigenvalue weighted by atomic mass is 16.7. The van der Waals surface area contributed by atoms with Crippen molar-refractivity contribution in [2.75, 3.05) is 33.2 Å². The van der Waals surface area contributed by atoms with Crippen molar-refractivity contribution in [1.82, 2.24) is 14.9 Å². The van der Waals surface area contributed by atoms with Crippen molar-refractivity contribution >= 4 is 11.9 Å². The smallest absolute Gasteiger partial charge is 0.306 e. The maximum atomic E-state index is 12.3.